The van der Waals surface area contributed by atoms with E-state index in [0.717, 1.165) is 11.1 Å². The van der Waals surface area contributed by atoms with Crippen LogP contribution in [0.15, 0.2) is 48.0 Å². The summed E-state index contributed by atoms with van der Waals surface area (Å²) >= 11 is 0. The van der Waals surface area contributed by atoms with Crippen LogP contribution in [0.3, 0.4) is 0 Å². The molecular formula is C25H29NO6. The number of aliphatic hydroxyl groups is 1. The van der Waals surface area contributed by atoms with Crippen molar-refractivity contribution in [2.75, 3.05) is 34.5 Å². The molecule has 1 unspecified atom stereocenters. The first-order chi connectivity index (χ1) is 15.3. The molecule has 0 spiro atoms. The SMILES string of the molecule is COCCN1C(=O)C(=O)/C(=C(\O)c2ccc(OC)cc2OC)C1c1ccc(C(C)C)cc1. The summed E-state index contributed by atoms with van der Waals surface area (Å²) in [6.07, 6.45) is 0. The number of nitrogens with zero attached hydrogens (tertiary/aromatic N) is 1. The van der Waals surface area contributed by atoms with Crippen molar-refractivity contribution in [2.45, 2.75) is 25.8 Å². The van der Waals surface area contributed by atoms with Gasteiger partial charge in [0.15, 0.2) is 0 Å². The summed E-state index contributed by atoms with van der Waals surface area (Å²) in [5.74, 6) is -0.491. The zero-order chi connectivity index (χ0) is 23.4. The van der Waals surface area contributed by atoms with Crippen LogP contribution in [0.1, 0.15) is 42.5 Å². The van der Waals surface area contributed by atoms with Gasteiger partial charge in [-0.1, -0.05) is 38.1 Å². The number of ketones is 1. The minimum atomic E-state index is -0.741. The molecule has 0 radical (unpaired) electrons. The van der Waals surface area contributed by atoms with Gasteiger partial charge in [0.2, 0.25) is 0 Å². The lowest BCUT2D eigenvalue weighted by molar-refractivity contribution is -0.140. The molecular weight excluding hydrogens is 410 g/mol. The molecule has 170 valence electrons. The lowest BCUT2D eigenvalue weighted by atomic mass is 9.93. The highest BCUT2D eigenvalue weighted by Crippen LogP contribution is 2.41. The molecule has 2 aromatic rings. The van der Waals surface area contributed by atoms with Crippen molar-refractivity contribution in [1.29, 1.82) is 0 Å². The molecule has 1 amide bonds. The van der Waals surface area contributed by atoms with Crippen LogP contribution in [0.4, 0.5) is 0 Å². The fourth-order valence-electron chi connectivity index (χ4n) is 3.85. The third-order valence-electron chi connectivity index (χ3n) is 5.66. The molecule has 1 saturated heterocycles. The number of Topliss-reactive ketones (excluding diaryl/α,β-unsaturated/α-hetero) is 1. The molecule has 1 fully saturated rings. The Morgan fingerprint density at radius 1 is 1.03 bits per heavy atom. The van der Waals surface area contributed by atoms with E-state index in [1.54, 1.807) is 18.2 Å². The van der Waals surface area contributed by atoms with Gasteiger partial charge in [0.25, 0.3) is 11.7 Å². The number of likely N-dealkylation sites (tertiary alicyclic amines) is 1. The van der Waals surface area contributed by atoms with E-state index in [9.17, 15) is 14.7 Å². The molecule has 3 rings (SSSR count). The van der Waals surface area contributed by atoms with Crippen molar-refractivity contribution in [3.63, 3.8) is 0 Å². The van der Waals surface area contributed by atoms with Crippen LogP contribution >= 0.6 is 0 Å². The second kappa shape index (κ2) is 9.87. The zero-order valence-corrected chi connectivity index (χ0v) is 19.0. The van der Waals surface area contributed by atoms with Gasteiger partial charge in [0.1, 0.15) is 17.3 Å². The molecule has 1 heterocycles. The molecule has 2 aromatic carbocycles. The monoisotopic (exact) mass is 439 g/mol. The number of aliphatic hydroxyl groups excluding tert-OH is 1. The number of hydrogen-bond acceptors (Lipinski definition) is 6. The summed E-state index contributed by atoms with van der Waals surface area (Å²) in [6, 6.07) is 11.9. The standard InChI is InChI=1S/C25H29NO6/c1-15(2)16-6-8-17(9-7-16)22-21(24(28)25(29)26(22)12-13-30-3)23(27)19-11-10-18(31-4)14-20(19)32-5/h6-11,14-15,22,27H,12-13H2,1-5H3/b23-21-. The summed E-state index contributed by atoms with van der Waals surface area (Å²) in [4.78, 5) is 27.4. The molecule has 0 aromatic heterocycles. The van der Waals surface area contributed by atoms with Gasteiger partial charge >= 0.3 is 0 Å². The van der Waals surface area contributed by atoms with Crippen molar-refractivity contribution >= 4 is 17.4 Å². The minimum Gasteiger partial charge on any atom is -0.507 e. The number of benzene rings is 2. The van der Waals surface area contributed by atoms with Crippen LogP contribution in [0.5, 0.6) is 11.5 Å². The van der Waals surface area contributed by atoms with Gasteiger partial charge in [-0.3, -0.25) is 9.59 Å². The highest BCUT2D eigenvalue weighted by Gasteiger charge is 2.46. The number of carbonyl (C=O) groups is 2. The smallest absolute Gasteiger partial charge is 0.295 e. The van der Waals surface area contributed by atoms with Crippen LogP contribution in [0.25, 0.3) is 5.76 Å². The van der Waals surface area contributed by atoms with Gasteiger partial charge < -0.3 is 24.2 Å². The lowest BCUT2D eigenvalue weighted by Crippen LogP contribution is -2.32. The fraction of sp³-hybridized carbons (Fsp3) is 0.360. The third-order valence-corrected chi connectivity index (χ3v) is 5.66. The molecule has 0 aliphatic carbocycles. The molecule has 1 N–H and O–H groups in total. The highest BCUT2D eigenvalue weighted by molar-refractivity contribution is 6.46. The van der Waals surface area contributed by atoms with E-state index in [0.29, 0.717) is 23.0 Å². The molecule has 0 saturated carbocycles. The summed E-state index contributed by atoms with van der Waals surface area (Å²) < 4.78 is 15.8. The first-order valence-corrected chi connectivity index (χ1v) is 10.4. The van der Waals surface area contributed by atoms with E-state index in [1.165, 1.54) is 26.2 Å². The first kappa shape index (κ1) is 23.3. The summed E-state index contributed by atoms with van der Waals surface area (Å²) in [5.41, 5.74) is 2.20. The van der Waals surface area contributed by atoms with Gasteiger partial charge in [-0.25, -0.2) is 0 Å². The van der Waals surface area contributed by atoms with E-state index in [1.807, 2.05) is 24.3 Å². The minimum absolute atomic E-state index is 0.0202. The Kier molecular flexibility index (Phi) is 7.20. The highest BCUT2D eigenvalue weighted by atomic mass is 16.5. The van der Waals surface area contributed by atoms with Crippen LogP contribution in [-0.2, 0) is 14.3 Å². The van der Waals surface area contributed by atoms with Crippen molar-refractivity contribution in [1.82, 2.24) is 4.90 Å². The Hall–Kier alpha value is -3.32. The summed E-state index contributed by atoms with van der Waals surface area (Å²) in [7, 11) is 4.52. The maximum Gasteiger partial charge on any atom is 0.295 e. The van der Waals surface area contributed by atoms with Crippen LogP contribution in [-0.4, -0.2) is 56.2 Å². The average Bonchev–Trinajstić information content (AvgIpc) is 3.06. The first-order valence-electron chi connectivity index (χ1n) is 10.4. The summed E-state index contributed by atoms with van der Waals surface area (Å²) in [6.45, 7) is 4.67. The van der Waals surface area contributed by atoms with Gasteiger partial charge in [-0.15, -0.1) is 0 Å². The van der Waals surface area contributed by atoms with E-state index >= 15 is 0 Å². The fourth-order valence-corrected chi connectivity index (χ4v) is 3.85. The lowest BCUT2D eigenvalue weighted by Gasteiger charge is -2.25. The average molecular weight is 440 g/mol. The predicted molar refractivity (Wildman–Crippen MR) is 121 cm³/mol. The Morgan fingerprint density at radius 3 is 2.28 bits per heavy atom. The van der Waals surface area contributed by atoms with Crippen LogP contribution in [0, 0.1) is 0 Å². The Labute approximate surface area is 188 Å². The molecule has 1 aliphatic rings. The normalized spacial score (nSPS) is 17.8. The van der Waals surface area contributed by atoms with Gasteiger partial charge in [0, 0.05) is 19.7 Å². The number of amides is 1. The van der Waals surface area contributed by atoms with E-state index < -0.39 is 17.7 Å². The molecule has 1 atom stereocenters. The number of carbonyl (C=O) groups excluding carboxylic acids is 2. The van der Waals surface area contributed by atoms with Gasteiger partial charge in [0.05, 0.1) is 38.0 Å². The van der Waals surface area contributed by atoms with Crippen LogP contribution < -0.4 is 9.47 Å². The van der Waals surface area contributed by atoms with E-state index in [-0.39, 0.29) is 24.5 Å². The number of methoxy groups -OCH3 is 3. The molecule has 32 heavy (non-hydrogen) atoms. The quantitative estimate of drug-likeness (QED) is 0.382. The van der Waals surface area contributed by atoms with E-state index in [2.05, 4.69) is 13.8 Å². The number of ether oxygens (including phenoxy) is 3. The van der Waals surface area contributed by atoms with Crippen molar-refractivity contribution in [2.24, 2.45) is 0 Å². The maximum atomic E-state index is 13.1. The molecule has 7 heteroatoms. The van der Waals surface area contributed by atoms with Crippen LogP contribution in [0.2, 0.25) is 0 Å². The van der Waals surface area contributed by atoms with Gasteiger partial charge in [-0.05, 0) is 29.2 Å². The third kappa shape index (κ3) is 4.34. The molecule has 1 aliphatic heterocycles. The van der Waals surface area contributed by atoms with Crippen molar-refractivity contribution in [3.05, 3.63) is 64.7 Å². The molecule has 7 nitrogen and oxygen atoms in total. The Balaban J connectivity index is 2.18. The maximum absolute atomic E-state index is 13.1. The second-order valence-corrected chi connectivity index (χ2v) is 7.87. The topological polar surface area (TPSA) is 85.3 Å². The second-order valence-electron chi connectivity index (χ2n) is 7.87. The molecule has 0 bridgehead atoms. The number of rotatable bonds is 8. The number of hydrogen-bond donors (Lipinski definition) is 1. The van der Waals surface area contributed by atoms with Gasteiger partial charge in [-0.2, -0.15) is 0 Å². The largest absolute Gasteiger partial charge is 0.507 e. The Morgan fingerprint density at radius 2 is 1.72 bits per heavy atom. The van der Waals surface area contributed by atoms with E-state index in [4.69, 9.17) is 14.2 Å². The zero-order valence-electron chi connectivity index (χ0n) is 19.0. The predicted octanol–water partition coefficient (Wildman–Crippen LogP) is 3.90. The summed E-state index contributed by atoms with van der Waals surface area (Å²) in [5, 5.41) is 11.2. The van der Waals surface area contributed by atoms with Crippen molar-refractivity contribution in [3.8, 4) is 11.5 Å². The Bertz CT molecular complexity index is 1030. The van der Waals surface area contributed by atoms with Crippen molar-refractivity contribution < 1.29 is 28.9 Å².